The van der Waals surface area contributed by atoms with E-state index in [2.05, 4.69) is 158 Å². The Labute approximate surface area is 284 Å². The largest absolute Gasteiger partial charge is 0.256 e. The molecule has 48 heavy (non-hydrogen) atoms. The Morgan fingerprint density at radius 1 is 0.354 bits per heavy atom. The third-order valence-corrected chi connectivity index (χ3v) is 13.7. The van der Waals surface area contributed by atoms with Crippen molar-refractivity contribution in [2.75, 3.05) is 0 Å². The van der Waals surface area contributed by atoms with E-state index < -0.39 is 15.8 Å². The summed E-state index contributed by atoms with van der Waals surface area (Å²) in [7, 11) is -1.50. The topological polar surface area (TPSA) is 25.8 Å². The van der Waals surface area contributed by atoms with Gasteiger partial charge in [-0.05, 0) is 94.5 Å². The second-order valence-electron chi connectivity index (χ2n) is 11.9. The van der Waals surface area contributed by atoms with Crippen LogP contribution in [0.15, 0.2) is 182 Å². The number of rotatable bonds is 9. The van der Waals surface area contributed by atoms with Gasteiger partial charge in [0.15, 0.2) is 0 Å². The lowest BCUT2D eigenvalue weighted by Gasteiger charge is -2.25. The summed E-state index contributed by atoms with van der Waals surface area (Å²) in [6.45, 7) is 0. The minimum absolute atomic E-state index is 0.748. The Bertz CT molecular complexity index is 2050. The molecule has 2 unspecified atom stereocenters. The van der Waals surface area contributed by atoms with Gasteiger partial charge in [-0.15, -0.1) is 0 Å². The summed E-state index contributed by atoms with van der Waals surface area (Å²) in [6.07, 6.45) is 5.65. The van der Waals surface area contributed by atoms with Crippen molar-refractivity contribution < 1.29 is 0 Å². The van der Waals surface area contributed by atoms with Crippen LogP contribution in [0.2, 0.25) is 0 Å². The van der Waals surface area contributed by atoms with Gasteiger partial charge in [-0.2, -0.15) is 0 Å². The van der Waals surface area contributed by atoms with E-state index in [-0.39, 0.29) is 0 Å². The molecule has 0 saturated carbocycles. The molecule has 2 heterocycles. The number of benzene rings is 6. The number of aromatic nitrogens is 2. The van der Waals surface area contributed by atoms with E-state index in [1.54, 1.807) is 0 Å². The molecule has 2 aromatic heterocycles. The Hall–Kier alpha value is -5.00. The molecule has 0 amide bonds. The van der Waals surface area contributed by atoms with E-state index in [1.807, 2.05) is 24.5 Å². The van der Waals surface area contributed by atoms with Crippen LogP contribution >= 0.6 is 15.8 Å². The molecule has 0 aliphatic heterocycles. The van der Waals surface area contributed by atoms with E-state index >= 15 is 0 Å². The van der Waals surface area contributed by atoms with Gasteiger partial charge in [0.25, 0.3) is 0 Å². The standard InChI is InChI=1S/C44H34N2P2/c1-3-17-37(18-4-1)47(41-23-11-13-29-45-41)31-35-27-25-33-15-7-9-21-39(33)43(35)44-36(28-26-34-16-8-10-22-40(34)44)32-48(38-19-5-2-6-20-38)42-24-12-14-30-46-42/h1-30H,31-32H2. The molecule has 0 aliphatic carbocycles. The summed E-state index contributed by atoms with van der Waals surface area (Å²) in [5, 5.41) is 7.77. The molecule has 0 bridgehead atoms. The van der Waals surface area contributed by atoms with Crippen molar-refractivity contribution in [3.63, 3.8) is 0 Å². The van der Waals surface area contributed by atoms with Gasteiger partial charge in [0, 0.05) is 24.7 Å². The van der Waals surface area contributed by atoms with Gasteiger partial charge >= 0.3 is 0 Å². The predicted octanol–water partition coefficient (Wildman–Crippen LogP) is 9.72. The average molecular weight is 653 g/mol. The molecule has 4 heteroatoms. The first-order valence-corrected chi connectivity index (χ1v) is 19.4. The maximum Gasteiger partial charge on any atom is 0.0679 e. The molecule has 0 saturated heterocycles. The highest BCUT2D eigenvalue weighted by Crippen LogP contribution is 2.47. The second-order valence-corrected chi connectivity index (χ2v) is 16.2. The quantitative estimate of drug-likeness (QED) is 0.145. The minimum atomic E-state index is -0.748. The summed E-state index contributed by atoms with van der Waals surface area (Å²) in [5.74, 6) is 0. The normalized spacial score (nSPS) is 12.6. The van der Waals surface area contributed by atoms with E-state index in [0.717, 1.165) is 23.2 Å². The van der Waals surface area contributed by atoms with Crippen LogP contribution in [0, 0.1) is 0 Å². The van der Waals surface area contributed by atoms with Crippen LogP contribution in [0.5, 0.6) is 0 Å². The molecular formula is C44H34N2P2. The van der Waals surface area contributed by atoms with Crippen molar-refractivity contribution in [2.24, 2.45) is 0 Å². The van der Waals surface area contributed by atoms with Gasteiger partial charge < -0.3 is 0 Å². The fourth-order valence-electron chi connectivity index (χ4n) is 6.68. The average Bonchev–Trinajstić information content (AvgIpc) is 3.17. The van der Waals surface area contributed by atoms with Crippen LogP contribution in [0.4, 0.5) is 0 Å². The molecule has 0 fully saturated rings. The summed E-state index contributed by atoms with van der Waals surface area (Å²) in [6, 6.07) is 61.7. The lowest BCUT2D eigenvalue weighted by molar-refractivity contribution is 1.35. The highest BCUT2D eigenvalue weighted by molar-refractivity contribution is 7.72. The zero-order chi connectivity index (χ0) is 32.1. The smallest absolute Gasteiger partial charge is 0.0679 e. The van der Waals surface area contributed by atoms with Gasteiger partial charge in [-0.3, -0.25) is 9.97 Å². The van der Waals surface area contributed by atoms with Crippen molar-refractivity contribution in [1.82, 2.24) is 9.97 Å². The minimum Gasteiger partial charge on any atom is -0.256 e. The maximum absolute atomic E-state index is 4.91. The Kier molecular flexibility index (Phi) is 8.85. The summed E-state index contributed by atoms with van der Waals surface area (Å²) < 4.78 is 0. The van der Waals surface area contributed by atoms with Crippen molar-refractivity contribution in [3.05, 3.63) is 193 Å². The maximum atomic E-state index is 4.91. The molecule has 8 rings (SSSR count). The zero-order valence-electron chi connectivity index (χ0n) is 26.5. The van der Waals surface area contributed by atoms with Crippen molar-refractivity contribution in [3.8, 4) is 11.1 Å². The predicted molar refractivity (Wildman–Crippen MR) is 208 cm³/mol. The Morgan fingerprint density at radius 2 is 0.750 bits per heavy atom. The van der Waals surface area contributed by atoms with E-state index in [4.69, 9.17) is 9.97 Å². The number of hydrogen-bond donors (Lipinski definition) is 0. The molecular weight excluding hydrogens is 618 g/mol. The number of pyridine rings is 2. The van der Waals surface area contributed by atoms with Crippen LogP contribution < -0.4 is 21.5 Å². The molecule has 0 aliphatic rings. The Morgan fingerprint density at radius 3 is 1.17 bits per heavy atom. The first-order chi connectivity index (χ1) is 23.8. The third-order valence-electron chi connectivity index (χ3n) is 8.92. The van der Waals surface area contributed by atoms with Crippen LogP contribution in [-0.2, 0) is 12.3 Å². The second kappa shape index (κ2) is 14.0. The van der Waals surface area contributed by atoms with E-state index in [1.165, 1.54) is 54.4 Å². The first-order valence-electron chi connectivity index (χ1n) is 16.3. The number of fused-ring (bicyclic) bond motifs is 2. The third kappa shape index (κ3) is 6.18. The molecule has 2 atom stereocenters. The van der Waals surface area contributed by atoms with Gasteiger partial charge in [-0.1, -0.05) is 146 Å². The van der Waals surface area contributed by atoms with Crippen molar-refractivity contribution >= 4 is 58.9 Å². The summed E-state index contributed by atoms with van der Waals surface area (Å²) in [5.41, 5.74) is 7.69. The van der Waals surface area contributed by atoms with Gasteiger partial charge in [0.2, 0.25) is 0 Å². The summed E-state index contributed by atoms with van der Waals surface area (Å²) in [4.78, 5) is 9.83. The van der Waals surface area contributed by atoms with E-state index in [0.29, 0.717) is 0 Å². The van der Waals surface area contributed by atoms with Crippen molar-refractivity contribution in [1.29, 1.82) is 0 Å². The number of nitrogens with zero attached hydrogens (tertiary/aromatic N) is 2. The van der Waals surface area contributed by atoms with Crippen molar-refractivity contribution in [2.45, 2.75) is 12.3 Å². The molecule has 0 N–H and O–H groups in total. The Balaban J connectivity index is 1.37. The first kappa shape index (κ1) is 30.3. The zero-order valence-corrected chi connectivity index (χ0v) is 28.3. The van der Waals surface area contributed by atoms with Crippen LogP contribution in [-0.4, -0.2) is 9.97 Å². The highest BCUT2D eigenvalue weighted by Gasteiger charge is 2.24. The summed E-state index contributed by atoms with van der Waals surface area (Å²) >= 11 is 0. The lowest BCUT2D eigenvalue weighted by atomic mass is 9.88. The highest BCUT2D eigenvalue weighted by atomic mass is 31.1. The lowest BCUT2D eigenvalue weighted by Crippen LogP contribution is -2.16. The molecule has 0 radical (unpaired) electrons. The van der Waals surface area contributed by atoms with E-state index in [9.17, 15) is 0 Å². The van der Waals surface area contributed by atoms with Crippen LogP contribution in [0.1, 0.15) is 11.1 Å². The fourth-order valence-corrected chi connectivity index (χ4v) is 11.1. The number of hydrogen-bond acceptors (Lipinski definition) is 2. The molecule has 6 aromatic carbocycles. The monoisotopic (exact) mass is 652 g/mol. The molecule has 230 valence electrons. The molecule has 8 aromatic rings. The van der Waals surface area contributed by atoms with Crippen LogP contribution in [0.3, 0.4) is 0 Å². The SMILES string of the molecule is c1ccc(P(Cc2ccc3ccccc3c2-c2c(CP(c3ccccc3)c3ccccn3)ccc3ccccc23)c2ccccn2)cc1. The molecule has 0 spiro atoms. The van der Waals surface area contributed by atoms with Gasteiger partial charge in [0.1, 0.15) is 0 Å². The van der Waals surface area contributed by atoms with Gasteiger partial charge in [0.05, 0.1) is 10.9 Å². The molecule has 2 nitrogen and oxygen atoms in total. The fraction of sp³-hybridized carbons (Fsp3) is 0.0455. The van der Waals surface area contributed by atoms with Gasteiger partial charge in [-0.25, -0.2) is 0 Å². The van der Waals surface area contributed by atoms with Crippen LogP contribution in [0.25, 0.3) is 32.7 Å².